The molecule has 2 aromatic heterocycles. The lowest BCUT2D eigenvalue weighted by Crippen LogP contribution is -2.13. The van der Waals surface area contributed by atoms with Crippen LogP contribution < -0.4 is 10.1 Å². The van der Waals surface area contributed by atoms with Crippen LogP contribution in [0.1, 0.15) is 10.4 Å². The maximum absolute atomic E-state index is 13.6. The summed E-state index contributed by atoms with van der Waals surface area (Å²) in [5, 5.41) is 13.6. The van der Waals surface area contributed by atoms with E-state index in [1.807, 2.05) is 0 Å². The molecule has 138 valence electrons. The minimum Gasteiger partial charge on any atom is -0.421 e. The Labute approximate surface area is 157 Å². The molecule has 0 aliphatic rings. The van der Waals surface area contributed by atoms with E-state index >= 15 is 0 Å². The quantitative estimate of drug-likeness (QED) is 0.569. The fourth-order valence-electron chi connectivity index (χ4n) is 2.33. The second-order valence-corrected chi connectivity index (χ2v) is 5.55. The number of hydrogen-bond acceptors (Lipinski definition) is 7. The van der Waals surface area contributed by atoms with Crippen LogP contribution in [0.5, 0.6) is 11.8 Å². The molecule has 0 saturated carbocycles. The van der Waals surface area contributed by atoms with Gasteiger partial charge in [-0.1, -0.05) is 18.2 Å². The first kappa shape index (κ1) is 17.2. The van der Waals surface area contributed by atoms with Crippen LogP contribution in [0.2, 0.25) is 0 Å². The van der Waals surface area contributed by atoms with E-state index in [4.69, 9.17) is 4.74 Å². The smallest absolute Gasteiger partial charge is 0.322 e. The summed E-state index contributed by atoms with van der Waals surface area (Å²) >= 11 is 0. The number of para-hydroxylation sites is 1. The number of hydrogen-bond donors (Lipinski definition) is 1. The van der Waals surface area contributed by atoms with Gasteiger partial charge < -0.3 is 10.1 Å². The number of halogens is 1. The number of tetrazole rings is 1. The van der Waals surface area contributed by atoms with Crippen molar-refractivity contribution in [3.8, 4) is 17.4 Å². The summed E-state index contributed by atoms with van der Waals surface area (Å²) in [6.07, 6.45) is 4.16. The van der Waals surface area contributed by atoms with Gasteiger partial charge in [0.1, 0.15) is 6.33 Å². The Bertz CT molecular complexity index is 1100. The molecule has 0 saturated heterocycles. The van der Waals surface area contributed by atoms with Crippen molar-refractivity contribution in [1.29, 1.82) is 0 Å². The average Bonchev–Trinajstić information content (AvgIpc) is 3.26. The Morgan fingerprint density at radius 3 is 2.64 bits per heavy atom. The Hall–Kier alpha value is -4.21. The summed E-state index contributed by atoms with van der Waals surface area (Å²) in [7, 11) is 0. The first-order valence-corrected chi connectivity index (χ1v) is 8.08. The number of nitrogens with zero attached hydrogens (tertiary/aromatic N) is 6. The number of carbonyl (C=O) groups is 1. The third kappa shape index (κ3) is 3.80. The number of carbonyl (C=O) groups excluding carboxylic acids is 1. The third-order valence-electron chi connectivity index (χ3n) is 3.65. The Balaban J connectivity index is 1.45. The van der Waals surface area contributed by atoms with E-state index in [-0.39, 0.29) is 17.7 Å². The van der Waals surface area contributed by atoms with Crippen molar-refractivity contribution < 1.29 is 13.9 Å². The van der Waals surface area contributed by atoms with Crippen molar-refractivity contribution in [1.82, 2.24) is 30.2 Å². The number of nitrogens with one attached hydrogen (secondary N) is 1. The van der Waals surface area contributed by atoms with Crippen molar-refractivity contribution in [3.05, 3.63) is 78.6 Å². The Morgan fingerprint density at radius 2 is 1.89 bits per heavy atom. The van der Waals surface area contributed by atoms with Crippen molar-refractivity contribution in [2.75, 3.05) is 5.32 Å². The first-order chi connectivity index (χ1) is 13.7. The van der Waals surface area contributed by atoms with Gasteiger partial charge in [-0.2, -0.15) is 0 Å². The lowest BCUT2D eigenvalue weighted by Gasteiger charge is -2.07. The predicted molar refractivity (Wildman–Crippen MR) is 95.6 cm³/mol. The number of rotatable bonds is 5. The highest BCUT2D eigenvalue weighted by molar-refractivity contribution is 6.04. The maximum atomic E-state index is 13.6. The lowest BCUT2D eigenvalue weighted by atomic mass is 10.2. The normalized spacial score (nSPS) is 10.5. The van der Waals surface area contributed by atoms with Crippen LogP contribution in [0.15, 0.2) is 67.3 Å². The third-order valence-corrected chi connectivity index (χ3v) is 3.65. The zero-order valence-electron chi connectivity index (χ0n) is 14.2. The molecule has 1 amide bonds. The predicted octanol–water partition coefficient (Wildman–Crippen LogP) is 2.64. The molecule has 10 heteroatoms. The molecule has 0 radical (unpaired) electrons. The number of ether oxygens (including phenoxy) is 1. The molecule has 0 spiro atoms. The second-order valence-electron chi connectivity index (χ2n) is 5.55. The minimum atomic E-state index is -0.522. The molecule has 2 aromatic carbocycles. The van der Waals surface area contributed by atoms with Gasteiger partial charge in [0.2, 0.25) is 0 Å². The van der Waals surface area contributed by atoms with Crippen molar-refractivity contribution in [2.45, 2.75) is 0 Å². The molecule has 2 heterocycles. The molecule has 0 aliphatic carbocycles. The largest absolute Gasteiger partial charge is 0.421 e. The van der Waals surface area contributed by atoms with Crippen molar-refractivity contribution in [2.24, 2.45) is 0 Å². The lowest BCUT2D eigenvalue weighted by molar-refractivity contribution is 0.102. The van der Waals surface area contributed by atoms with Gasteiger partial charge in [-0.25, -0.2) is 19.0 Å². The molecule has 4 rings (SSSR count). The fraction of sp³-hybridized carbons (Fsp3) is 0. The highest BCUT2D eigenvalue weighted by atomic mass is 19.1. The zero-order chi connectivity index (χ0) is 19.3. The van der Waals surface area contributed by atoms with Gasteiger partial charge in [0.05, 0.1) is 23.8 Å². The van der Waals surface area contributed by atoms with Gasteiger partial charge in [0.15, 0.2) is 11.6 Å². The summed E-state index contributed by atoms with van der Waals surface area (Å²) < 4.78 is 20.3. The molecule has 0 atom stereocenters. The monoisotopic (exact) mass is 377 g/mol. The number of benzene rings is 2. The van der Waals surface area contributed by atoms with Gasteiger partial charge in [-0.3, -0.25) is 4.79 Å². The van der Waals surface area contributed by atoms with E-state index in [1.165, 1.54) is 35.5 Å². The molecule has 0 aliphatic heterocycles. The topological polar surface area (TPSA) is 108 Å². The Kier molecular flexibility index (Phi) is 4.66. The highest BCUT2D eigenvalue weighted by Gasteiger charge is 2.10. The van der Waals surface area contributed by atoms with Crippen LogP contribution in [0, 0.1) is 5.82 Å². The minimum absolute atomic E-state index is 0.0127. The van der Waals surface area contributed by atoms with Crippen molar-refractivity contribution >= 4 is 11.6 Å². The molecular weight excluding hydrogens is 365 g/mol. The van der Waals surface area contributed by atoms with Crippen LogP contribution in [0.25, 0.3) is 5.69 Å². The molecule has 9 nitrogen and oxygen atoms in total. The molecule has 28 heavy (non-hydrogen) atoms. The maximum Gasteiger partial charge on any atom is 0.322 e. The van der Waals surface area contributed by atoms with Gasteiger partial charge in [-0.05, 0) is 40.8 Å². The van der Waals surface area contributed by atoms with Crippen LogP contribution >= 0.6 is 0 Å². The summed E-state index contributed by atoms with van der Waals surface area (Å²) in [4.78, 5) is 20.4. The summed E-state index contributed by atoms with van der Waals surface area (Å²) in [6.45, 7) is 0. The standard InChI is InChI=1S/C18H12FN7O2/c19-15-6-1-2-7-16(15)28-18-20-9-13(10-21-18)23-17(27)12-4-3-5-14(8-12)26-11-22-24-25-26/h1-11H,(H,23,27). The van der Waals surface area contributed by atoms with Crippen LogP contribution in [-0.2, 0) is 0 Å². The van der Waals surface area contributed by atoms with E-state index in [2.05, 4.69) is 30.8 Å². The van der Waals surface area contributed by atoms with Gasteiger partial charge >= 0.3 is 6.01 Å². The van der Waals surface area contributed by atoms with E-state index in [1.54, 1.807) is 36.4 Å². The number of anilines is 1. The molecule has 0 unspecified atom stereocenters. The van der Waals surface area contributed by atoms with Crippen LogP contribution in [0.4, 0.5) is 10.1 Å². The molecular formula is C18H12FN7O2. The van der Waals surface area contributed by atoms with Gasteiger partial charge in [0, 0.05) is 5.56 Å². The molecule has 0 fully saturated rings. The summed E-state index contributed by atoms with van der Waals surface area (Å²) in [6, 6.07) is 12.7. The van der Waals surface area contributed by atoms with Crippen LogP contribution in [0.3, 0.4) is 0 Å². The van der Waals surface area contributed by atoms with Crippen LogP contribution in [-0.4, -0.2) is 36.1 Å². The fourth-order valence-corrected chi connectivity index (χ4v) is 2.33. The number of amides is 1. The zero-order valence-corrected chi connectivity index (χ0v) is 14.2. The van der Waals surface area contributed by atoms with E-state index < -0.39 is 5.82 Å². The Morgan fingerprint density at radius 1 is 1.07 bits per heavy atom. The number of aromatic nitrogens is 6. The average molecular weight is 377 g/mol. The summed E-state index contributed by atoms with van der Waals surface area (Å²) in [5.41, 5.74) is 1.40. The highest BCUT2D eigenvalue weighted by Crippen LogP contribution is 2.21. The summed E-state index contributed by atoms with van der Waals surface area (Å²) in [5.74, 6) is -0.869. The van der Waals surface area contributed by atoms with E-state index in [0.717, 1.165) is 0 Å². The van der Waals surface area contributed by atoms with Gasteiger partial charge in [-0.15, -0.1) is 5.10 Å². The SMILES string of the molecule is O=C(Nc1cnc(Oc2ccccc2F)nc1)c1cccc(-n2cnnn2)c1. The van der Waals surface area contributed by atoms with Gasteiger partial charge in [0.25, 0.3) is 5.91 Å². The second kappa shape index (κ2) is 7.58. The first-order valence-electron chi connectivity index (χ1n) is 8.08. The van der Waals surface area contributed by atoms with E-state index in [9.17, 15) is 9.18 Å². The molecule has 4 aromatic rings. The molecule has 1 N–H and O–H groups in total. The van der Waals surface area contributed by atoms with E-state index in [0.29, 0.717) is 16.9 Å². The molecule has 0 bridgehead atoms. The van der Waals surface area contributed by atoms with Crippen molar-refractivity contribution in [3.63, 3.8) is 0 Å².